The number of ether oxygens (including phenoxy) is 6. The Labute approximate surface area is 477 Å². The number of rotatable bonds is 4. The molecule has 79 heavy (non-hydrogen) atoms. The zero-order valence-electron chi connectivity index (χ0n) is 50.9. The van der Waals surface area contributed by atoms with Crippen LogP contribution in [0.1, 0.15) is 171 Å². The highest BCUT2D eigenvalue weighted by Gasteiger charge is 2.25. The van der Waals surface area contributed by atoms with Gasteiger partial charge in [0.15, 0.2) is 0 Å². The van der Waals surface area contributed by atoms with Gasteiger partial charge in [-0.2, -0.15) is 0 Å². The Hall–Kier alpha value is -3.83. The van der Waals surface area contributed by atoms with Gasteiger partial charge in [0.1, 0.15) is 36.8 Å². The lowest BCUT2D eigenvalue weighted by Gasteiger charge is -2.23. The molecule has 12 atom stereocenters. The normalized spacial score (nSPS) is 35.0. The maximum absolute atomic E-state index is 11.7. The van der Waals surface area contributed by atoms with Crippen molar-refractivity contribution in [3.8, 4) is 0 Å². The number of aliphatic hydroxyl groups is 4. The molecule has 0 spiro atoms. The minimum Gasteiger partial charge on any atom is -0.461 e. The lowest BCUT2D eigenvalue weighted by atomic mass is 9.94. The zero-order valence-corrected chi connectivity index (χ0v) is 50.9. The summed E-state index contributed by atoms with van der Waals surface area (Å²) in [7, 11) is 6.49. The van der Waals surface area contributed by atoms with Crippen LogP contribution in [0, 0.1) is 23.7 Å². The second-order valence-electron chi connectivity index (χ2n) is 22.1. The molecule has 0 unspecified atom stereocenters. The van der Waals surface area contributed by atoms with Gasteiger partial charge in [-0.15, -0.1) is 0 Å². The van der Waals surface area contributed by atoms with Crippen molar-refractivity contribution in [1.29, 1.82) is 0 Å². The first kappa shape index (κ1) is 73.2. The van der Waals surface area contributed by atoms with Crippen LogP contribution >= 0.6 is 0 Å². The highest BCUT2D eigenvalue weighted by Crippen LogP contribution is 2.21. The Morgan fingerprint density at radius 3 is 1.27 bits per heavy atom. The molecule has 0 aromatic carbocycles. The molecule has 0 aromatic rings. The molecule has 4 rings (SSSR count). The number of carbonyl (C=O) groups excluding carboxylic acids is 3. The molecule has 0 aromatic heterocycles. The summed E-state index contributed by atoms with van der Waals surface area (Å²) >= 11 is 0. The van der Waals surface area contributed by atoms with Crippen LogP contribution in [0.25, 0.3) is 0 Å². The van der Waals surface area contributed by atoms with Crippen molar-refractivity contribution in [2.24, 2.45) is 23.7 Å². The minimum atomic E-state index is -0.607. The largest absolute Gasteiger partial charge is 0.461 e. The van der Waals surface area contributed by atoms with E-state index >= 15 is 0 Å². The van der Waals surface area contributed by atoms with Gasteiger partial charge < -0.3 is 54.2 Å². The van der Waals surface area contributed by atoms with E-state index in [1.165, 1.54) is 17.6 Å². The van der Waals surface area contributed by atoms with Gasteiger partial charge >= 0.3 is 5.97 Å². The van der Waals surface area contributed by atoms with Crippen molar-refractivity contribution < 1.29 is 63.2 Å². The summed E-state index contributed by atoms with van der Waals surface area (Å²) in [6.45, 7) is 18.2. The molecule has 3 heterocycles. The van der Waals surface area contributed by atoms with E-state index in [1.807, 2.05) is 104 Å². The SMILES string of the molecule is CO[C@H]1/C=C/CCCCC(=O)CC/C(C)=C\[C@@H](C)[C@@H]1O.CO[C@H]1/C=C/CCCCC(=O)NC/C(C)=C\[C@@H](C)[C@@H]1O.CO[C@H]1/C=C/CCCCC(=O)OC/C(C)=C\[C@@H](C)[C@@H]1O.CO[C@H]1/C=C/CCCCCOC/C(C)=C\[C@@H](C)[C@@H]1O. The summed E-state index contributed by atoms with van der Waals surface area (Å²) in [5, 5.41) is 44.1. The van der Waals surface area contributed by atoms with E-state index in [0.717, 1.165) is 101 Å². The van der Waals surface area contributed by atoms with E-state index in [0.29, 0.717) is 51.2 Å². The first-order chi connectivity index (χ1) is 37.8. The third kappa shape index (κ3) is 34.3. The van der Waals surface area contributed by atoms with E-state index in [2.05, 4.69) is 29.6 Å². The topological polar surface area (TPSA) is 200 Å². The summed E-state index contributed by atoms with van der Waals surface area (Å²) in [6.07, 6.45) is 36.7. The van der Waals surface area contributed by atoms with Gasteiger partial charge in [-0.05, 0) is 117 Å². The van der Waals surface area contributed by atoms with Crippen LogP contribution in [0.5, 0.6) is 0 Å². The number of methoxy groups -OCH3 is 4. The van der Waals surface area contributed by atoms with Crippen molar-refractivity contribution in [3.63, 3.8) is 0 Å². The highest BCUT2D eigenvalue weighted by atomic mass is 16.5. The van der Waals surface area contributed by atoms with Crippen molar-refractivity contribution in [2.45, 2.75) is 220 Å². The van der Waals surface area contributed by atoms with E-state index in [4.69, 9.17) is 28.4 Å². The second kappa shape index (κ2) is 44.8. The van der Waals surface area contributed by atoms with Gasteiger partial charge in [0.05, 0.1) is 31.0 Å². The molecule has 0 bridgehead atoms. The number of ketones is 1. The smallest absolute Gasteiger partial charge is 0.306 e. The van der Waals surface area contributed by atoms with Crippen LogP contribution in [0.4, 0.5) is 0 Å². The standard InChI is InChI=1S/C17H28O3.C16H27NO3.C16H26O4.C16H28O3/c1-13-10-11-15(18)8-6-4-5-7-9-16(20-3)17(19)14(2)12-13;1-12-10-13(2)16(19)14(20-3)8-6-4-5-7-9-15(18)17-11-12;1-12-10-13(2)16(18)14(19-3)8-6-4-5-7-9-15(17)20-11-12;1-13-11-14(2)16(17)15(18-3)9-7-5-4-6-8-10-19-12-13/h7,9,12,14,16-17,19H,4-6,8,10-11H2,1-3H3;6,8,10,13-14,16,19H,4-5,7,9,11H2,1-3H3,(H,17,18);6,8,10,13-14,16,18H,4-5,7,9,11H2,1-3H3;7,9,11,14-17H,4-6,8,10,12H2,1-3H3/b9-7+,13-12-;2*8-6+,12-10-;9-7+,13-11-/t14-,16+,17+;2*13-,14+,16+;14-,15+,16+/m1111/s1. The average molecular weight is 1110 g/mol. The molecule has 1 amide bonds. The molecule has 5 N–H and O–H groups in total. The Bertz CT molecular complexity index is 1750. The summed E-state index contributed by atoms with van der Waals surface area (Å²) < 4.78 is 32.2. The van der Waals surface area contributed by atoms with Crippen LogP contribution in [-0.2, 0) is 42.8 Å². The van der Waals surface area contributed by atoms with E-state index in [-0.39, 0.29) is 60.0 Å². The first-order valence-corrected chi connectivity index (χ1v) is 29.5. The number of allylic oxidation sites excluding steroid dienone is 5. The molecule has 4 aliphatic rings. The second-order valence-corrected chi connectivity index (χ2v) is 22.1. The molecular weight excluding hydrogens is 1000 g/mol. The summed E-state index contributed by atoms with van der Waals surface area (Å²) in [6, 6.07) is 0. The van der Waals surface area contributed by atoms with Crippen LogP contribution < -0.4 is 5.32 Å². The summed E-state index contributed by atoms with van der Waals surface area (Å²) in [4.78, 5) is 34.9. The number of hydrogen-bond acceptors (Lipinski definition) is 13. The summed E-state index contributed by atoms with van der Waals surface area (Å²) in [5.74, 6) is 0.282. The molecule has 0 radical (unpaired) electrons. The van der Waals surface area contributed by atoms with Gasteiger partial charge in [0.2, 0.25) is 5.91 Å². The zero-order chi connectivity index (χ0) is 59.0. The van der Waals surface area contributed by atoms with E-state index in [1.54, 1.807) is 28.4 Å². The number of esters is 1. The lowest BCUT2D eigenvalue weighted by Crippen LogP contribution is -2.32. The molecular formula is C65H109NO13. The predicted molar refractivity (Wildman–Crippen MR) is 318 cm³/mol. The average Bonchev–Trinajstić information content (AvgIpc) is 3.42. The van der Waals surface area contributed by atoms with Gasteiger partial charge in [0, 0.05) is 90.9 Å². The molecule has 0 saturated carbocycles. The Morgan fingerprint density at radius 1 is 0.443 bits per heavy atom. The van der Waals surface area contributed by atoms with Crippen molar-refractivity contribution in [3.05, 3.63) is 95.2 Å². The van der Waals surface area contributed by atoms with E-state index < -0.39 is 24.4 Å². The maximum Gasteiger partial charge on any atom is 0.306 e. The molecule has 3 aliphatic heterocycles. The van der Waals surface area contributed by atoms with Crippen LogP contribution in [0.3, 0.4) is 0 Å². The molecule has 452 valence electrons. The third-order valence-corrected chi connectivity index (χ3v) is 14.5. The Kier molecular flexibility index (Phi) is 41.5. The molecule has 1 aliphatic carbocycles. The number of Topliss-reactive ketones (excluding diaryl/α,β-unsaturated/α-hetero) is 1. The number of cyclic esters (lactones) is 1. The lowest BCUT2D eigenvalue weighted by molar-refractivity contribution is -0.142. The number of aliphatic hydroxyl groups excluding tert-OH is 4. The predicted octanol–water partition coefficient (Wildman–Crippen LogP) is 11.3. The van der Waals surface area contributed by atoms with Gasteiger partial charge in [0.25, 0.3) is 0 Å². The molecule has 14 nitrogen and oxygen atoms in total. The fourth-order valence-electron chi connectivity index (χ4n) is 9.47. The van der Waals surface area contributed by atoms with Crippen LogP contribution in [0.2, 0.25) is 0 Å². The number of hydrogen-bond donors (Lipinski definition) is 5. The van der Waals surface area contributed by atoms with Gasteiger partial charge in [-0.3, -0.25) is 14.4 Å². The van der Waals surface area contributed by atoms with Gasteiger partial charge in [-0.1, -0.05) is 124 Å². The first-order valence-electron chi connectivity index (χ1n) is 29.5. The quantitative estimate of drug-likeness (QED) is 0.132. The minimum absolute atomic E-state index is 0.0163. The monoisotopic (exact) mass is 1110 g/mol. The van der Waals surface area contributed by atoms with Crippen LogP contribution in [0.15, 0.2) is 95.2 Å². The Morgan fingerprint density at radius 2 is 0.823 bits per heavy atom. The highest BCUT2D eigenvalue weighted by molar-refractivity contribution is 5.78. The van der Waals surface area contributed by atoms with Crippen molar-refractivity contribution in [2.75, 3.05) is 54.8 Å². The van der Waals surface area contributed by atoms with Crippen molar-refractivity contribution in [1.82, 2.24) is 5.32 Å². The molecule has 14 heteroatoms. The van der Waals surface area contributed by atoms with Crippen molar-refractivity contribution >= 4 is 17.7 Å². The van der Waals surface area contributed by atoms with Crippen LogP contribution in [-0.4, -0.2) is 142 Å². The fourth-order valence-corrected chi connectivity index (χ4v) is 9.47. The maximum atomic E-state index is 11.7. The van der Waals surface area contributed by atoms with E-state index in [9.17, 15) is 34.8 Å². The number of carbonyl (C=O) groups is 3. The third-order valence-electron chi connectivity index (χ3n) is 14.5. The molecule has 0 saturated heterocycles. The summed E-state index contributed by atoms with van der Waals surface area (Å²) in [5.41, 5.74) is 4.34. The molecule has 0 fully saturated rings. The fraction of sp³-hybridized carbons (Fsp3) is 0.708. The number of amides is 1. The Balaban J connectivity index is 0.000000527. The van der Waals surface area contributed by atoms with Gasteiger partial charge in [-0.25, -0.2) is 0 Å². The number of nitrogens with one attached hydrogen (secondary N) is 1.